The Labute approximate surface area is 58.1 Å². The van der Waals surface area contributed by atoms with Gasteiger partial charge in [0, 0.05) is 33.7 Å². The first-order valence-electron chi connectivity index (χ1n) is 1.67. The van der Waals surface area contributed by atoms with Gasteiger partial charge in [-0.1, -0.05) is 24.3 Å². The number of allylic oxidation sites excluding steroid dienone is 4. The van der Waals surface area contributed by atoms with Crippen molar-refractivity contribution < 1.29 is 0 Å². The maximum absolute atomic E-state index is 2.00. The first kappa shape index (κ1) is 6.40. The van der Waals surface area contributed by atoms with E-state index in [0.717, 1.165) is 0 Å². The van der Waals surface area contributed by atoms with Crippen molar-refractivity contribution in [2.45, 2.75) is 0 Å². The van der Waals surface area contributed by atoms with Gasteiger partial charge in [0.25, 0.3) is 0 Å². The van der Waals surface area contributed by atoms with Crippen LogP contribution in [-0.2, 0) is 0 Å². The van der Waals surface area contributed by atoms with Crippen LogP contribution in [0.5, 0.6) is 0 Å². The summed E-state index contributed by atoms with van der Waals surface area (Å²) in [5, 5.41) is 0. The second-order valence-electron chi connectivity index (χ2n) is 0.962. The largest absolute Gasteiger partial charge is 0.0767 e. The third-order valence-electron chi connectivity index (χ3n) is 0.556. The van der Waals surface area contributed by atoms with E-state index in [1.54, 1.807) is 0 Å². The monoisotopic (exact) mass is 270 g/mol. The molecule has 0 fully saturated rings. The van der Waals surface area contributed by atoms with Gasteiger partial charge in [0.05, 0.1) is 0 Å². The van der Waals surface area contributed by atoms with Crippen LogP contribution in [0.2, 0.25) is 0 Å². The molecule has 0 atom stereocenters. The summed E-state index contributed by atoms with van der Waals surface area (Å²) in [6.45, 7) is 0. The zero-order valence-electron chi connectivity index (χ0n) is 3.46. The van der Waals surface area contributed by atoms with E-state index in [1.807, 2.05) is 30.7 Å². The minimum Gasteiger partial charge on any atom is -0.0767 e. The quantitative estimate of drug-likeness (QED) is 0.574. The van der Waals surface area contributed by atoms with Crippen molar-refractivity contribution >= 4 is 27.3 Å². The zero-order chi connectivity index (χ0) is 3.54. The van der Waals surface area contributed by atoms with Gasteiger partial charge < -0.3 is 0 Å². The average molecular weight is 269 g/mol. The van der Waals surface area contributed by atoms with Crippen LogP contribution in [0.1, 0.15) is 0 Å². The molecule has 0 amide bonds. The molecule has 2 radical (unpaired) electrons. The summed E-state index contributed by atoms with van der Waals surface area (Å²) in [5.74, 6) is 0. The average Bonchev–Trinajstić information content (AvgIpc) is 1.76. The molecular weight excluding hydrogens is 264 g/mol. The third-order valence-corrected chi connectivity index (χ3v) is 0.556. The maximum Gasteiger partial charge on any atom is 0.00506 e. The molecule has 1 heteroatoms. The van der Waals surface area contributed by atoms with Crippen molar-refractivity contribution in [1.29, 1.82) is 0 Å². The van der Waals surface area contributed by atoms with Gasteiger partial charge >= 0.3 is 0 Å². The first-order valence-corrected chi connectivity index (χ1v) is 1.67. The van der Waals surface area contributed by atoms with Gasteiger partial charge in [-0.05, 0) is 0 Å². The summed E-state index contributed by atoms with van der Waals surface area (Å²) in [7, 11) is 0. The van der Waals surface area contributed by atoms with Crippen LogP contribution in [0.25, 0.3) is 0 Å². The van der Waals surface area contributed by atoms with Crippen molar-refractivity contribution in [3.63, 3.8) is 0 Å². The summed E-state index contributed by atoms with van der Waals surface area (Å²) in [6.07, 6.45) is 10.0. The van der Waals surface area contributed by atoms with E-state index in [9.17, 15) is 0 Å². The maximum atomic E-state index is 2.00. The molecule has 0 aromatic heterocycles. The molecule has 0 heterocycles. The predicted octanol–water partition coefficient (Wildman–Crippen LogP) is 0.936. The normalized spacial score (nSPS) is 14.7. The smallest absolute Gasteiger partial charge is 0.00506 e. The Bertz CT molecular complexity index is 62.0. The fourth-order valence-corrected chi connectivity index (χ4v) is 0.321. The Balaban J connectivity index is 0.000000250. The molecule has 28 valence electrons. The van der Waals surface area contributed by atoms with E-state index < -0.39 is 0 Å². The van der Waals surface area contributed by atoms with Crippen LogP contribution in [0, 0.1) is 6.42 Å². The van der Waals surface area contributed by atoms with Crippen molar-refractivity contribution in [2.75, 3.05) is 0 Å². The molecule has 0 saturated heterocycles. The summed E-state index contributed by atoms with van der Waals surface area (Å²) >= 11 is 0. The van der Waals surface area contributed by atoms with Gasteiger partial charge in [-0.15, -0.1) is 0 Å². The molecule has 0 spiro atoms. The van der Waals surface area contributed by atoms with Gasteiger partial charge in [-0.25, -0.2) is 0 Å². The summed E-state index contributed by atoms with van der Waals surface area (Å²) in [6, 6.07) is 0. The molecule has 0 aromatic rings. The molecule has 0 unspecified atom stereocenters. The van der Waals surface area contributed by atoms with E-state index in [2.05, 4.69) is 0 Å². The molecule has 0 N–H and O–H groups in total. The Morgan fingerprint density at radius 3 is 1.33 bits per heavy atom. The zero-order valence-corrected chi connectivity index (χ0v) is 7.95. The minimum absolute atomic E-state index is 0. The molecule has 1 aliphatic rings. The van der Waals surface area contributed by atoms with Gasteiger partial charge in [-0.2, -0.15) is 0 Å². The molecule has 0 saturated carbocycles. The molecule has 1 rings (SSSR count). The van der Waals surface area contributed by atoms with Crippen molar-refractivity contribution in [3.8, 4) is 0 Å². The fourth-order valence-electron chi connectivity index (χ4n) is 0.321. The standard InChI is InChI=1S/C5H5.Tl/c1-2-4-5-3-1;/h1-5H;. The predicted molar refractivity (Wildman–Crippen MR) is 28.3 cm³/mol. The van der Waals surface area contributed by atoms with Gasteiger partial charge in [0.2, 0.25) is 0 Å². The fraction of sp³-hybridized carbons (Fsp3) is 0. The molecule has 0 bridgehead atoms. The Morgan fingerprint density at radius 2 is 1.17 bits per heavy atom. The van der Waals surface area contributed by atoms with Crippen LogP contribution in [-0.4, -0.2) is 27.3 Å². The number of hydrogen-bond donors (Lipinski definition) is 0. The van der Waals surface area contributed by atoms with Gasteiger partial charge in [0.1, 0.15) is 0 Å². The van der Waals surface area contributed by atoms with E-state index >= 15 is 0 Å². The van der Waals surface area contributed by atoms with E-state index in [0.29, 0.717) is 0 Å². The molecule has 1 aliphatic carbocycles. The second-order valence-corrected chi connectivity index (χ2v) is 0.962. The summed E-state index contributed by atoms with van der Waals surface area (Å²) in [4.78, 5) is 0. The van der Waals surface area contributed by atoms with E-state index in [4.69, 9.17) is 0 Å². The minimum atomic E-state index is 0. The number of rotatable bonds is 0. The summed E-state index contributed by atoms with van der Waals surface area (Å²) in [5.41, 5.74) is 0. The van der Waals surface area contributed by atoms with Crippen LogP contribution >= 0.6 is 0 Å². The van der Waals surface area contributed by atoms with Crippen LogP contribution in [0.4, 0.5) is 0 Å². The van der Waals surface area contributed by atoms with E-state index in [1.165, 1.54) is 0 Å². The van der Waals surface area contributed by atoms with Gasteiger partial charge in [-0.3, -0.25) is 0 Å². The Hall–Kier alpha value is 0.402. The Morgan fingerprint density at radius 1 is 0.667 bits per heavy atom. The van der Waals surface area contributed by atoms with Crippen LogP contribution in [0.3, 0.4) is 0 Å². The molecule has 6 heavy (non-hydrogen) atoms. The van der Waals surface area contributed by atoms with Gasteiger partial charge in [0.15, 0.2) is 0 Å². The third kappa shape index (κ3) is 1.75. The van der Waals surface area contributed by atoms with E-state index in [-0.39, 0.29) is 27.3 Å². The topological polar surface area (TPSA) is 0 Å². The molecule has 0 aliphatic heterocycles. The summed E-state index contributed by atoms with van der Waals surface area (Å²) < 4.78 is 0. The van der Waals surface area contributed by atoms with Crippen LogP contribution in [0.15, 0.2) is 24.3 Å². The molecular formula is C5H5Tl. The van der Waals surface area contributed by atoms with Crippen molar-refractivity contribution in [3.05, 3.63) is 30.7 Å². The molecule has 0 aromatic carbocycles. The van der Waals surface area contributed by atoms with Crippen LogP contribution < -0.4 is 0 Å². The second kappa shape index (κ2) is 3.59. The Kier molecular flexibility index (Phi) is 3.83. The van der Waals surface area contributed by atoms with Crippen molar-refractivity contribution in [1.82, 2.24) is 0 Å². The SMILES string of the molecule is [CH]1C=CC=C1.[Tl]. The van der Waals surface area contributed by atoms with Crippen molar-refractivity contribution in [2.24, 2.45) is 0 Å². The molecule has 0 nitrogen and oxygen atoms in total. The number of hydrogen-bond acceptors (Lipinski definition) is 0. The first-order chi connectivity index (χ1) is 2.50.